The lowest BCUT2D eigenvalue weighted by Gasteiger charge is -2.33. The maximum atomic E-state index is 13.9. The minimum absolute atomic E-state index is 0.0784. The lowest BCUT2D eigenvalue weighted by atomic mass is 10.0. The van der Waals surface area contributed by atoms with E-state index in [1.807, 2.05) is 0 Å². The van der Waals surface area contributed by atoms with Crippen molar-refractivity contribution in [2.24, 2.45) is 0 Å². The van der Waals surface area contributed by atoms with E-state index in [4.69, 9.17) is 11.6 Å². The van der Waals surface area contributed by atoms with Crippen LogP contribution in [0.3, 0.4) is 0 Å². The third kappa shape index (κ3) is 8.21. The molecule has 0 aromatic heterocycles. The van der Waals surface area contributed by atoms with Crippen molar-refractivity contribution in [3.8, 4) is 0 Å². The molecule has 13 heteroatoms. The van der Waals surface area contributed by atoms with Crippen molar-refractivity contribution in [2.75, 3.05) is 24.2 Å². The first-order valence-electron chi connectivity index (χ1n) is 11.8. The number of anilines is 1. The number of hydrogen-bond acceptors (Lipinski definition) is 4. The molecule has 0 aliphatic carbocycles. The van der Waals surface area contributed by atoms with E-state index < -0.39 is 51.9 Å². The molecule has 3 aromatic carbocycles. The van der Waals surface area contributed by atoms with E-state index >= 15 is 0 Å². The monoisotopic (exact) mass is 659 g/mol. The van der Waals surface area contributed by atoms with Gasteiger partial charge >= 0.3 is 6.18 Å². The smallest absolute Gasteiger partial charge is 0.357 e. The molecule has 0 bridgehead atoms. The number of alkyl halides is 3. The van der Waals surface area contributed by atoms with Gasteiger partial charge in [-0.3, -0.25) is 13.9 Å². The van der Waals surface area contributed by atoms with Crippen LogP contribution in [0.2, 0.25) is 5.02 Å². The molecular weight excluding hydrogens is 635 g/mol. The molecule has 40 heavy (non-hydrogen) atoms. The van der Waals surface area contributed by atoms with Gasteiger partial charge in [0.05, 0.1) is 22.5 Å². The van der Waals surface area contributed by atoms with E-state index in [1.165, 1.54) is 11.9 Å². The molecule has 1 atom stereocenters. The largest absolute Gasteiger partial charge is 0.416 e. The molecular formula is C27H26BrClF3N3O4S. The molecule has 0 aliphatic rings. The fourth-order valence-electron chi connectivity index (χ4n) is 3.98. The van der Waals surface area contributed by atoms with Gasteiger partial charge in [0.2, 0.25) is 21.8 Å². The second-order valence-corrected chi connectivity index (χ2v) is 12.1. The second kappa shape index (κ2) is 13.0. The van der Waals surface area contributed by atoms with Gasteiger partial charge in [0.15, 0.2) is 0 Å². The van der Waals surface area contributed by atoms with Crippen LogP contribution in [0.1, 0.15) is 16.7 Å². The third-order valence-electron chi connectivity index (χ3n) is 6.01. The predicted octanol–water partition coefficient (Wildman–Crippen LogP) is 5.27. The quantitative estimate of drug-likeness (QED) is 0.321. The van der Waals surface area contributed by atoms with Gasteiger partial charge in [0.1, 0.15) is 12.6 Å². The molecule has 0 saturated carbocycles. The Hall–Kier alpha value is -3.09. The Bertz CT molecular complexity index is 1460. The van der Waals surface area contributed by atoms with Gasteiger partial charge in [-0.1, -0.05) is 70.0 Å². The molecule has 3 aromatic rings. The van der Waals surface area contributed by atoms with E-state index in [0.717, 1.165) is 28.4 Å². The van der Waals surface area contributed by atoms with E-state index in [2.05, 4.69) is 21.2 Å². The van der Waals surface area contributed by atoms with Gasteiger partial charge in [-0.05, 0) is 41.5 Å². The Morgan fingerprint density at radius 3 is 2.17 bits per heavy atom. The molecule has 0 aliphatic heterocycles. The lowest BCUT2D eigenvalue weighted by Crippen LogP contribution is -2.52. The number of carbonyl (C=O) groups excluding carboxylic acids is 2. The van der Waals surface area contributed by atoms with Crippen LogP contribution in [-0.2, 0) is 38.8 Å². The highest BCUT2D eigenvalue weighted by molar-refractivity contribution is 9.10. The number of nitrogens with zero attached hydrogens (tertiary/aromatic N) is 2. The number of rotatable bonds is 10. The fraction of sp³-hybridized carbons (Fsp3) is 0.259. The summed E-state index contributed by atoms with van der Waals surface area (Å²) < 4.78 is 67.1. The Labute approximate surface area is 244 Å². The van der Waals surface area contributed by atoms with Crippen molar-refractivity contribution in [1.82, 2.24) is 10.2 Å². The molecule has 7 nitrogen and oxygen atoms in total. The average Bonchev–Trinajstić information content (AvgIpc) is 2.89. The van der Waals surface area contributed by atoms with Crippen LogP contribution in [0.15, 0.2) is 77.3 Å². The van der Waals surface area contributed by atoms with E-state index in [0.29, 0.717) is 15.9 Å². The van der Waals surface area contributed by atoms with Crippen LogP contribution in [0, 0.1) is 0 Å². The second-order valence-electron chi connectivity index (χ2n) is 8.90. The standard InChI is InChI=1S/C27H26BrClF3N3O4S/c1-33-26(37)24(14-18-6-4-3-5-7-18)34(16-19-8-11-21(28)12-9-19)25(36)17-35(40(2,38)39)23-15-20(27(30,31)32)10-13-22(23)29/h3-13,15,24H,14,16-17H2,1-2H3,(H,33,37)/t24-/m0/s1. The third-order valence-corrected chi connectivity index (χ3v) is 7.98. The predicted molar refractivity (Wildman–Crippen MR) is 151 cm³/mol. The minimum Gasteiger partial charge on any atom is -0.357 e. The molecule has 214 valence electrons. The van der Waals surface area contributed by atoms with Crippen LogP contribution < -0.4 is 9.62 Å². The van der Waals surface area contributed by atoms with Crippen LogP contribution in [0.5, 0.6) is 0 Å². The highest BCUT2D eigenvalue weighted by Crippen LogP contribution is 2.36. The summed E-state index contributed by atoms with van der Waals surface area (Å²) in [4.78, 5) is 28.2. The Morgan fingerprint density at radius 1 is 1.00 bits per heavy atom. The number of benzene rings is 3. The molecule has 0 fully saturated rings. The number of amides is 2. The SMILES string of the molecule is CNC(=O)[C@H](Cc1ccccc1)N(Cc1ccc(Br)cc1)C(=O)CN(c1cc(C(F)(F)F)ccc1Cl)S(C)(=O)=O. The Kier molecular flexibility index (Phi) is 10.3. The first kappa shape index (κ1) is 31.4. The number of carbonyl (C=O) groups is 2. The summed E-state index contributed by atoms with van der Waals surface area (Å²) in [6, 6.07) is 17.0. The summed E-state index contributed by atoms with van der Waals surface area (Å²) in [5.41, 5.74) is -0.255. The zero-order chi connectivity index (χ0) is 29.7. The lowest BCUT2D eigenvalue weighted by molar-refractivity contribution is -0.139. The molecule has 0 spiro atoms. The van der Waals surface area contributed by atoms with Gasteiger partial charge < -0.3 is 10.2 Å². The first-order chi connectivity index (χ1) is 18.7. The van der Waals surface area contributed by atoms with Gasteiger partial charge in [0.25, 0.3) is 0 Å². The highest BCUT2D eigenvalue weighted by atomic mass is 79.9. The number of likely N-dealkylation sites (N-methyl/N-ethyl adjacent to an activating group) is 1. The number of halogens is 5. The summed E-state index contributed by atoms with van der Waals surface area (Å²) in [7, 11) is -2.88. The Morgan fingerprint density at radius 2 is 1.62 bits per heavy atom. The molecule has 0 radical (unpaired) electrons. The van der Waals surface area contributed by atoms with Gasteiger partial charge in [0, 0.05) is 24.5 Å². The van der Waals surface area contributed by atoms with Gasteiger partial charge in [-0.15, -0.1) is 0 Å². The molecule has 1 N–H and O–H groups in total. The van der Waals surface area contributed by atoms with Crippen LogP contribution in [0.4, 0.5) is 18.9 Å². The average molecular weight is 661 g/mol. The molecule has 3 rings (SSSR count). The van der Waals surface area contributed by atoms with E-state index in [1.54, 1.807) is 54.6 Å². The summed E-state index contributed by atoms with van der Waals surface area (Å²) in [5.74, 6) is -1.32. The van der Waals surface area contributed by atoms with Crippen molar-refractivity contribution in [3.05, 3.63) is 99.0 Å². The molecule has 0 heterocycles. The summed E-state index contributed by atoms with van der Waals surface area (Å²) in [6.07, 6.45) is -3.91. The van der Waals surface area contributed by atoms with Crippen molar-refractivity contribution in [1.29, 1.82) is 0 Å². The molecule has 0 saturated heterocycles. The zero-order valence-electron chi connectivity index (χ0n) is 21.5. The first-order valence-corrected chi connectivity index (χ1v) is 14.9. The summed E-state index contributed by atoms with van der Waals surface area (Å²) >= 11 is 9.48. The number of sulfonamides is 1. The fourth-order valence-corrected chi connectivity index (χ4v) is 5.37. The molecule has 0 unspecified atom stereocenters. The van der Waals surface area contributed by atoms with Crippen LogP contribution in [0.25, 0.3) is 0 Å². The minimum atomic E-state index is -4.78. The number of nitrogens with one attached hydrogen (secondary N) is 1. The zero-order valence-corrected chi connectivity index (χ0v) is 24.6. The topological polar surface area (TPSA) is 86.8 Å². The normalized spacial score (nSPS) is 12.5. The van der Waals surface area contributed by atoms with Crippen LogP contribution >= 0.6 is 27.5 Å². The van der Waals surface area contributed by atoms with Crippen LogP contribution in [-0.4, -0.2) is 51.0 Å². The maximum Gasteiger partial charge on any atom is 0.416 e. The van der Waals surface area contributed by atoms with Crippen molar-refractivity contribution in [2.45, 2.75) is 25.2 Å². The van der Waals surface area contributed by atoms with E-state index in [-0.39, 0.29) is 18.0 Å². The summed E-state index contributed by atoms with van der Waals surface area (Å²) in [6.45, 7) is -0.969. The van der Waals surface area contributed by atoms with Crippen molar-refractivity contribution >= 4 is 55.1 Å². The highest BCUT2D eigenvalue weighted by Gasteiger charge is 2.35. The van der Waals surface area contributed by atoms with E-state index in [9.17, 15) is 31.2 Å². The Balaban J connectivity index is 2.08. The van der Waals surface area contributed by atoms with Gasteiger partial charge in [-0.25, -0.2) is 8.42 Å². The maximum absolute atomic E-state index is 13.9. The number of hydrogen-bond donors (Lipinski definition) is 1. The van der Waals surface area contributed by atoms with Gasteiger partial charge in [-0.2, -0.15) is 13.2 Å². The van der Waals surface area contributed by atoms with Crippen molar-refractivity contribution in [3.63, 3.8) is 0 Å². The summed E-state index contributed by atoms with van der Waals surface area (Å²) in [5, 5.41) is 2.25. The molecule has 2 amide bonds. The van der Waals surface area contributed by atoms with Crippen molar-refractivity contribution < 1.29 is 31.2 Å².